The van der Waals surface area contributed by atoms with Gasteiger partial charge in [-0.3, -0.25) is 4.79 Å². The van der Waals surface area contributed by atoms with Crippen LogP contribution in [0.2, 0.25) is 0 Å². The van der Waals surface area contributed by atoms with Crippen molar-refractivity contribution in [2.75, 3.05) is 26.4 Å². The minimum atomic E-state index is 0.00400. The molecule has 2 rings (SSSR count). The molecule has 0 aliphatic carbocycles. The molecule has 6 heteroatoms. The van der Waals surface area contributed by atoms with Crippen molar-refractivity contribution in [1.29, 1.82) is 0 Å². The summed E-state index contributed by atoms with van der Waals surface area (Å²) in [5.74, 6) is 1.06. The number of benzene rings is 1. The summed E-state index contributed by atoms with van der Waals surface area (Å²) in [4.78, 5) is 17.9. The number of nitrogen functional groups attached to an aromatic ring is 1. The monoisotopic (exact) mass is 262 g/mol. The first-order valence-corrected chi connectivity index (χ1v) is 6.10. The van der Waals surface area contributed by atoms with Gasteiger partial charge in [-0.05, 0) is 19.1 Å². The second kappa shape index (κ2) is 5.17. The molecule has 1 heterocycles. The van der Waals surface area contributed by atoms with Crippen LogP contribution in [0.3, 0.4) is 0 Å². The van der Waals surface area contributed by atoms with Crippen LogP contribution in [-0.2, 0) is 11.3 Å². The molecule has 1 aromatic heterocycles. The Morgan fingerprint density at radius 1 is 1.53 bits per heavy atom. The predicted molar refractivity (Wildman–Crippen MR) is 74.0 cm³/mol. The van der Waals surface area contributed by atoms with E-state index < -0.39 is 0 Å². The Balaban J connectivity index is 2.38. The number of ether oxygens (including phenoxy) is 1. The van der Waals surface area contributed by atoms with E-state index in [0.717, 1.165) is 11.0 Å². The number of amides is 1. The third kappa shape index (κ3) is 2.47. The Morgan fingerprint density at radius 3 is 2.89 bits per heavy atom. The van der Waals surface area contributed by atoms with E-state index >= 15 is 0 Å². The molecule has 0 atom stereocenters. The van der Waals surface area contributed by atoms with Crippen molar-refractivity contribution in [2.45, 2.75) is 13.5 Å². The van der Waals surface area contributed by atoms with Crippen molar-refractivity contribution in [3.8, 4) is 5.75 Å². The SMILES string of the molecule is CCN(C)C(=O)Cn1c(N)nc2cc(OC)ccc21. The minimum absolute atomic E-state index is 0.00400. The average Bonchev–Trinajstić information content (AvgIpc) is 2.73. The Kier molecular flexibility index (Phi) is 3.59. The number of fused-ring (bicyclic) bond motifs is 1. The third-order valence-electron chi connectivity index (χ3n) is 3.18. The summed E-state index contributed by atoms with van der Waals surface area (Å²) in [7, 11) is 3.36. The number of anilines is 1. The van der Waals surface area contributed by atoms with Crippen LogP contribution in [0.1, 0.15) is 6.92 Å². The first-order valence-electron chi connectivity index (χ1n) is 6.10. The third-order valence-corrected chi connectivity index (χ3v) is 3.18. The van der Waals surface area contributed by atoms with Gasteiger partial charge in [-0.25, -0.2) is 4.98 Å². The van der Waals surface area contributed by atoms with Crippen LogP contribution in [-0.4, -0.2) is 41.1 Å². The highest BCUT2D eigenvalue weighted by Gasteiger charge is 2.14. The van der Waals surface area contributed by atoms with E-state index in [1.807, 2.05) is 19.1 Å². The zero-order chi connectivity index (χ0) is 14.0. The van der Waals surface area contributed by atoms with Gasteiger partial charge in [-0.1, -0.05) is 0 Å². The van der Waals surface area contributed by atoms with E-state index in [-0.39, 0.29) is 12.5 Å². The van der Waals surface area contributed by atoms with E-state index in [1.54, 1.807) is 29.7 Å². The maximum Gasteiger partial charge on any atom is 0.242 e. The van der Waals surface area contributed by atoms with E-state index in [0.29, 0.717) is 18.2 Å². The van der Waals surface area contributed by atoms with Gasteiger partial charge < -0.3 is 19.9 Å². The van der Waals surface area contributed by atoms with Crippen LogP contribution >= 0.6 is 0 Å². The molecular formula is C13H18N4O2. The van der Waals surface area contributed by atoms with Crippen molar-refractivity contribution in [3.63, 3.8) is 0 Å². The fourth-order valence-corrected chi connectivity index (χ4v) is 1.85. The highest BCUT2D eigenvalue weighted by molar-refractivity contribution is 5.83. The summed E-state index contributed by atoms with van der Waals surface area (Å²) in [6, 6.07) is 5.49. The van der Waals surface area contributed by atoms with Crippen LogP contribution in [0.15, 0.2) is 18.2 Å². The smallest absolute Gasteiger partial charge is 0.242 e. The summed E-state index contributed by atoms with van der Waals surface area (Å²) in [6.45, 7) is 2.79. The van der Waals surface area contributed by atoms with Crippen LogP contribution < -0.4 is 10.5 Å². The number of hydrogen-bond acceptors (Lipinski definition) is 4. The van der Waals surface area contributed by atoms with Crippen LogP contribution in [0.4, 0.5) is 5.95 Å². The molecule has 0 fully saturated rings. The number of methoxy groups -OCH3 is 1. The van der Waals surface area contributed by atoms with Crippen molar-refractivity contribution in [1.82, 2.24) is 14.5 Å². The molecular weight excluding hydrogens is 244 g/mol. The second-order valence-electron chi connectivity index (χ2n) is 4.32. The molecule has 0 aliphatic rings. The Labute approximate surface area is 111 Å². The summed E-state index contributed by atoms with van der Waals surface area (Å²) < 4.78 is 6.85. The predicted octanol–water partition coefficient (Wildman–Crippen LogP) is 1.11. The fraction of sp³-hybridized carbons (Fsp3) is 0.385. The van der Waals surface area contributed by atoms with Gasteiger partial charge >= 0.3 is 0 Å². The van der Waals surface area contributed by atoms with Gasteiger partial charge in [0.05, 0.1) is 18.1 Å². The lowest BCUT2D eigenvalue weighted by atomic mass is 10.3. The molecule has 0 aliphatic heterocycles. The molecule has 0 unspecified atom stereocenters. The Morgan fingerprint density at radius 2 is 2.26 bits per heavy atom. The molecule has 0 radical (unpaired) electrons. The number of carbonyl (C=O) groups excluding carboxylic acids is 1. The lowest BCUT2D eigenvalue weighted by Gasteiger charge is -2.15. The van der Waals surface area contributed by atoms with Crippen LogP contribution in [0.25, 0.3) is 11.0 Å². The number of hydrogen-bond donors (Lipinski definition) is 1. The molecule has 19 heavy (non-hydrogen) atoms. The highest BCUT2D eigenvalue weighted by atomic mass is 16.5. The van der Waals surface area contributed by atoms with E-state index in [4.69, 9.17) is 10.5 Å². The number of rotatable bonds is 4. The van der Waals surface area contributed by atoms with E-state index in [2.05, 4.69) is 4.98 Å². The quantitative estimate of drug-likeness (QED) is 0.895. The number of nitrogens with two attached hydrogens (primary N) is 1. The number of nitrogens with zero attached hydrogens (tertiary/aromatic N) is 3. The second-order valence-corrected chi connectivity index (χ2v) is 4.32. The lowest BCUT2D eigenvalue weighted by molar-refractivity contribution is -0.130. The summed E-state index contributed by atoms with van der Waals surface area (Å²) in [6.07, 6.45) is 0. The zero-order valence-electron chi connectivity index (χ0n) is 11.4. The van der Waals surface area contributed by atoms with E-state index in [1.165, 1.54) is 0 Å². The molecule has 2 N–H and O–H groups in total. The molecule has 2 aromatic rings. The van der Waals surface area contributed by atoms with Gasteiger partial charge in [0.15, 0.2) is 0 Å². The molecule has 6 nitrogen and oxygen atoms in total. The van der Waals surface area contributed by atoms with Crippen molar-refractivity contribution >= 4 is 22.9 Å². The van der Waals surface area contributed by atoms with Crippen molar-refractivity contribution in [2.24, 2.45) is 0 Å². The van der Waals surface area contributed by atoms with E-state index in [9.17, 15) is 4.79 Å². The molecule has 102 valence electrons. The zero-order valence-corrected chi connectivity index (χ0v) is 11.4. The molecule has 1 amide bonds. The summed E-state index contributed by atoms with van der Waals surface area (Å²) >= 11 is 0. The maximum absolute atomic E-state index is 12.0. The maximum atomic E-state index is 12.0. The van der Waals surface area contributed by atoms with Crippen molar-refractivity contribution < 1.29 is 9.53 Å². The minimum Gasteiger partial charge on any atom is -0.497 e. The summed E-state index contributed by atoms with van der Waals surface area (Å²) in [5, 5.41) is 0. The first kappa shape index (κ1) is 13.2. The van der Waals surface area contributed by atoms with Gasteiger partial charge in [0.1, 0.15) is 12.3 Å². The fourth-order valence-electron chi connectivity index (χ4n) is 1.85. The standard InChI is InChI=1S/C13H18N4O2/c1-4-16(2)12(18)8-17-11-6-5-9(19-3)7-10(11)15-13(17)14/h5-7H,4,8H2,1-3H3,(H2,14,15). The first-order chi connectivity index (χ1) is 9.06. The number of carbonyl (C=O) groups is 1. The molecule has 0 saturated carbocycles. The van der Waals surface area contributed by atoms with Gasteiger partial charge in [0.25, 0.3) is 0 Å². The summed E-state index contributed by atoms with van der Waals surface area (Å²) in [5.41, 5.74) is 7.43. The molecule has 0 saturated heterocycles. The average molecular weight is 262 g/mol. The van der Waals surface area contributed by atoms with Gasteiger partial charge in [0.2, 0.25) is 11.9 Å². The molecule has 0 spiro atoms. The van der Waals surface area contributed by atoms with Gasteiger partial charge in [-0.15, -0.1) is 0 Å². The normalized spacial score (nSPS) is 10.7. The topological polar surface area (TPSA) is 73.4 Å². The van der Waals surface area contributed by atoms with Crippen LogP contribution in [0.5, 0.6) is 5.75 Å². The van der Waals surface area contributed by atoms with Gasteiger partial charge in [-0.2, -0.15) is 0 Å². The Hall–Kier alpha value is -2.24. The van der Waals surface area contributed by atoms with Crippen molar-refractivity contribution in [3.05, 3.63) is 18.2 Å². The Bertz CT molecular complexity index is 606. The number of likely N-dealkylation sites (N-methyl/N-ethyl adjacent to an activating group) is 1. The molecule has 0 bridgehead atoms. The number of imidazole rings is 1. The lowest BCUT2D eigenvalue weighted by Crippen LogP contribution is -2.30. The molecule has 1 aromatic carbocycles. The van der Waals surface area contributed by atoms with Gasteiger partial charge in [0, 0.05) is 19.7 Å². The highest BCUT2D eigenvalue weighted by Crippen LogP contribution is 2.22. The number of aromatic nitrogens is 2. The van der Waals surface area contributed by atoms with Crippen LogP contribution in [0, 0.1) is 0 Å². The largest absolute Gasteiger partial charge is 0.497 e.